The van der Waals surface area contributed by atoms with Crippen molar-refractivity contribution in [1.82, 2.24) is 0 Å². The molecule has 16 heavy (non-hydrogen) atoms. The maximum absolute atomic E-state index is 6.37. The smallest absolute Gasteiger partial charge is 0.0788 e. The molecule has 0 saturated heterocycles. The van der Waals surface area contributed by atoms with Crippen LogP contribution < -0.4 is 5.73 Å². The van der Waals surface area contributed by atoms with Crippen molar-refractivity contribution in [3.05, 3.63) is 11.6 Å². The van der Waals surface area contributed by atoms with Crippen LogP contribution in [-0.2, 0) is 4.74 Å². The summed E-state index contributed by atoms with van der Waals surface area (Å²) in [5, 5.41) is 0. The fourth-order valence-electron chi connectivity index (χ4n) is 2.79. The van der Waals surface area contributed by atoms with Crippen molar-refractivity contribution in [3.8, 4) is 0 Å². The van der Waals surface area contributed by atoms with Gasteiger partial charge in [0.15, 0.2) is 0 Å². The quantitative estimate of drug-likeness (QED) is 0.744. The Morgan fingerprint density at radius 3 is 2.69 bits per heavy atom. The summed E-state index contributed by atoms with van der Waals surface area (Å²) in [7, 11) is 1.81. The van der Waals surface area contributed by atoms with Crippen LogP contribution in [-0.4, -0.2) is 19.3 Å². The average Bonchev–Trinajstić information content (AvgIpc) is 3.02. The lowest BCUT2D eigenvalue weighted by Crippen LogP contribution is -2.39. The monoisotopic (exact) mass is 223 g/mol. The van der Waals surface area contributed by atoms with Gasteiger partial charge in [-0.1, -0.05) is 24.5 Å². The maximum Gasteiger partial charge on any atom is 0.0788 e. The van der Waals surface area contributed by atoms with E-state index in [-0.39, 0.29) is 12.1 Å². The Hall–Kier alpha value is -0.340. The lowest BCUT2D eigenvalue weighted by atomic mass is 9.91. The van der Waals surface area contributed by atoms with Gasteiger partial charge in [0.25, 0.3) is 0 Å². The normalized spacial score (nSPS) is 26.5. The van der Waals surface area contributed by atoms with Gasteiger partial charge in [-0.05, 0) is 44.4 Å². The van der Waals surface area contributed by atoms with Crippen LogP contribution in [0.3, 0.4) is 0 Å². The van der Waals surface area contributed by atoms with Gasteiger partial charge in [-0.3, -0.25) is 0 Å². The minimum absolute atomic E-state index is 0.149. The zero-order valence-corrected chi connectivity index (χ0v) is 10.5. The predicted octanol–water partition coefficient (Wildman–Crippen LogP) is 3.02. The van der Waals surface area contributed by atoms with Crippen LogP contribution in [0.5, 0.6) is 0 Å². The predicted molar refractivity (Wildman–Crippen MR) is 67.3 cm³/mol. The van der Waals surface area contributed by atoms with Gasteiger partial charge in [0.2, 0.25) is 0 Å². The Bertz CT molecular complexity index is 245. The van der Waals surface area contributed by atoms with Gasteiger partial charge in [0, 0.05) is 7.11 Å². The van der Waals surface area contributed by atoms with Crippen LogP contribution >= 0.6 is 0 Å². The highest BCUT2D eigenvalue weighted by atomic mass is 16.5. The van der Waals surface area contributed by atoms with Gasteiger partial charge in [0.1, 0.15) is 0 Å². The van der Waals surface area contributed by atoms with Crippen molar-refractivity contribution >= 4 is 0 Å². The van der Waals surface area contributed by atoms with Crippen molar-refractivity contribution in [3.63, 3.8) is 0 Å². The third-order valence-electron chi connectivity index (χ3n) is 3.97. The first kappa shape index (κ1) is 12.1. The summed E-state index contributed by atoms with van der Waals surface area (Å²) in [6, 6.07) is 0.149. The molecule has 92 valence electrons. The van der Waals surface area contributed by atoms with E-state index >= 15 is 0 Å². The van der Waals surface area contributed by atoms with Crippen molar-refractivity contribution in [2.75, 3.05) is 7.11 Å². The molecule has 0 bridgehead atoms. The van der Waals surface area contributed by atoms with Gasteiger partial charge in [0.05, 0.1) is 12.1 Å². The topological polar surface area (TPSA) is 35.2 Å². The summed E-state index contributed by atoms with van der Waals surface area (Å²) < 4.78 is 5.60. The Morgan fingerprint density at radius 1 is 1.25 bits per heavy atom. The van der Waals surface area contributed by atoms with Crippen LogP contribution in [0.25, 0.3) is 0 Å². The van der Waals surface area contributed by atoms with E-state index in [0.29, 0.717) is 0 Å². The molecule has 1 fully saturated rings. The Morgan fingerprint density at radius 2 is 2.00 bits per heavy atom. The largest absolute Gasteiger partial charge is 0.379 e. The second-order valence-electron chi connectivity index (χ2n) is 5.30. The molecule has 0 aromatic heterocycles. The lowest BCUT2D eigenvalue weighted by molar-refractivity contribution is 0.0706. The van der Waals surface area contributed by atoms with Crippen molar-refractivity contribution < 1.29 is 4.74 Å². The molecule has 1 saturated carbocycles. The fraction of sp³-hybridized carbons (Fsp3) is 0.857. The van der Waals surface area contributed by atoms with E-state index in [1.54, 1.807) is 0 Å². The molecule has 0 aromatic carbocycles. The van der Waals surface area contributed by atoms with E-state index in [1.807, 2.05) is 7.11 Å². The van der Waals surface area contributed by atoms with Crippen molar-refractivity contribution in [2.45, 2.75) is 63.5 Å². The Balaban J connectivity index is 1.96. The van der Waals surface area contributed by atoms with E-state index in [4.69, 9.17) is 10.5 Å². The van der Waals surface area contributed by atoms with E-state index in [2.05, 4.69) is 6.08 Å². The van der Waals surface area contributed by atoms with E-state index in [9.17, 15) is 0 Å². The summed E-state index contributed by atoms with van der Waals surface area (Å²) >= 11 is 0. The molecule has 0 heterocycles. The highest BCUT2D eigenvalue weighted by Crippen LogP contribution is 2.37. The first-order valence-electron chi connectivity index (χ1n) is 6.80. The van der Waals surface area contributed by atoms with Gasteiger partial charge >= 0.3 is 0 Å². The van der Waals surface area contributed by atoms with Gasteiger partial charge < -0.3 is 10.5 Å². The Labute approximate surface area is 99.2 Å². The summed E-state index contributed by atoms with van der Waals surface area (Å²) in [4.78, 5) is 0. The molecule has 0 spiro atoms. The standard InChI is InChI=1S/C14H25NO/c1-16-14(12-9-10-12)13(15)11-7-5-3-2-4-6-8-11/h7,12-14H,2-6,8-10,15H2,1H3. The third kappa shape index (κ3) is 3.08. The van der Waals surface area contributed by atoms with Crippen molar-refractivity contribution in [1.29, 1.82) is 0 Å². The average molecular weight is 223 g/mol. The summed E-state index contributed by atoms with van der Waals surface area (Å²) in [6.07, 6.45) is 13.1. The van der Waals surface area contributed by atoms with Crippen LogP contribution in [0.2, 0.25) is 0 Å². The minimum atomic E-state index is 0.149. The number of hydrogen-bond donors (Lipinski definition) is 1. The molecule has 2 nitrogen and oxygen atoms in total. The highest BCUT2D eigenvalue weighted by Gasteiger charge is 2.36. The second kappa shape index (κ2) is 5.83. The van der Waals surface area contributed by atoms with E-state index in [1.165, 1.54) is 56.9 Å². The number of methoxy groups -OCH3 is 1. The fourth-order valence-corrected chi connectivity index (χ4v) is 2.79. The molecule has 2 unspecified atom stereocenters. The molecule has 2 aliphatic carbocycles. The van der Waals surface area contributed by atoms with Crippen LogP contribution in [0, 0.1) is 5.92 Å². The van der Waals surface area contributed by atoms with Crippen molar-refractivity contribution in [2.24, 2.45) is 11.7 Å². The van der Waals surface area contributed by atoms with E-state index in [0.717, 1.165) is 5.92 Å². The molecule has 2 rings (SSSR count). The van der Waals surface area contributed by atoms with Gasteiger partial charge in [-0.15, -0.1) is 0 Å². The lowest BCUT2D eigenvalue weighted by Gasteiger charge is -2.26. The zero-order chi connectivity index (χ0) is 11.4. The Kier molecular flexibility index (Phi) is 4.42. The molecule has 0 amide bonds. The molecule has 0 radical (unpaired) electrons. The summed E-state index contributed by atoms with van der Waals surface area (Å²) in [5.41, 5.74) is 7.83. The number of ether oxygens (including phenoxy) is 1. The maximum atomic E-state index is 6.37. The number of rotatable bonds is 4. The van der Waals surface area contributed by atoms with Crippen LogP contribution in [0.1, 0.15) is 51.4 Å². The molecular formula is C14H25NO. The van der Waals surface area contributed by atoms with Gasteiger partial charge in [-0.25, -0.2) is 0 Å². The second-order valence-corrected chi connectivity index (χ2v) is 5.30. The first-order chi connectivity index (χ1) is 7.83. The minimum Gasteiger partial charge on any atom is -0.379 e. The molecular weight excluding hydrogens is 198 g/mol. The van der Waals surface area contributed by atoms with E-state index < -0.39 is 0 Å². The summed E-state index contributed by atoms with van der Waals surface area (Å²) in [5.74, 6) is 0.728. The summed E-state index contributed by atoms with van der Waals surface area (Å²) in [6.45, 7) is 0. The van der Waals surface area contributed by atoms with Crippen LogP contribution in [0.4, 0.5) is 0 Å². The first-order valence-corrected chi connectivity index (χ1v) is 6.80. The molecule has 2 N–H and O–H groups in total. The SMILES string of the molecule is COC(C1CC1)C(N)C1=CCCCCCC1. The highest BCUT2D eigenvalue weighted by molar-refractivity contribution is 5.15. The number of hydrogen-bond acceptors (Lipinski definition) is 2. The van der Waals surface area contributed by atoms with Gasteiger partial charge in [-0.2, -0.15) is 0 Å². The molecule has 2 atom stereocenters. The molecule has 0 aliphatic heterocycles. The number of nitrogens with two attached hydrogens (primary N) is 1. The molecule has 2 aliphatic rings. The molecule has 0 aromatic rings. The zero-order valence-electron chi connectivity index (χ0n) is 10.5. The molecule has 2 heteroatoms. The van der Waals surface area contributed by atoms with Crippen LogP contribution in [0.15, 0.2) is 11.6 Å². The third-order valence-corrected chi connectivity index (χ3v) is 3.97. The number of allylic oxidation sites excluding steroid dienone is 1.